The van der Waals surface area contributed by atoms with Crippen LogP contribution in [0.15, 0.2) is 42.6 Å². The van der Waals surface area contributed by atoms with Crippen molar-refractivity contribution in [1.29, 1.82) is 0 Å². The highest BCUT2D eigenvalue weighted by Crippen LogP contribution is 2.22. The normalized spacial score (nSPS) is 10.9. The number of halogens is 1. The summed E-state index contributed by atoms with van der Waals surface area (Å²) in [7, 11) is 0. The number of hydrogen-bond donors (Lipinski definition) is 1. The highest BCUT2D eigenvalue weighted by atomic mass is 35.5. The average molecular weight is 246 g/mol. The number of benzene rings is 1. The standard InChI is InChI=1S/C12H8ClN3O/c13-9-5-3-8(4-6-9)11-14-12-10(17)2-1-7-16(12)15-11/h1-7,17H. The Hall–Kier alpha value is -2.07. The van der Waals surface area contributed by atoms with Crippen LogP contribution in [0.4, 0.5) is 0 Å². The van der Waals surface area contributed by atoms with E-state index < -0.39 is 0 Å². The fraction of sp³-hybridized carbons (Fsp3) is 0. The minimum atomic E-state index is 0.111. The Morgan fingerprint density at radius 1 is 1.12 bits per heavy atom. The maximum Gasteiger partial charge on any atom is 0.198 e. The van der Waals surface area contributed by atoms with Gasteiger partial charge in [0.2, 0.25) is 0 Å². The molecule has 0 aliphatic rings. The molecule has 84 valence electrons. The van der Waals surface area contributed by atoms with E-state index in [1.54, 1.807) is 35.0 Å². The predicted molar refractivity (Wildman–Crippen MR) is 65.1 cm³/mol. The van der Waals surface area contributed by atoms with Gasteiger partial charge in [-0.3, -0.25) is 0 Å². The van der Waals surface area contributed by atoms with Crippen molar-refractivity contribution in [3.63, 3.8) is 0 Å². The van der Waals surface area contributed by atoms with Crippen molar-refractivity contribution in [2.45, 2.75) is 0 Å². The molecule has 1 aromatic carbocycles. The summed E-state index contributed by atoms with van der Waals surface area (Å²) in [6, 6.07) is 10.5. The van der Waals surface area contributed by atoms with Crippen molar-refractivity contribution in [2.24, 2.45) is 0 Å². The van der Waals surface area contributed by atoms with E-state index in [0.717, 1.165) is 5.56 Å². The number of fused-ring (bicyclic) bond motifs is 1. The Morgan fingerprint density at radius 2 is 1.88 bits per heavy atom. The van der Waals surface area contributed by atoms with Crippen LogP contribution in [-0.2, 0) is 0 Å². The van der Waals surface area contributed by atoms with Gasteiger partial charge >= 0.3 is 0 Å². The zero-order valence-electron chi connectivity index (χ0n) is 8.71. The summed E-state index contributed by atoms with van der Waals surface area (Å²) in [5.74, 6) is 0.670. The number of aromatic nitrogens is 3. The van der Waals surface area contributed by atoms with Crippen LogP contribution in [0.25, 0.3) is 17.0 Å². The number of hydrogen-bond acceptors (Lipinski definition) is 3. The van der Waals surface area contributed by atoms with Gasteiger partial charge in [0, 0.05) is 16.8 Å². The molecule has 0 radical (unpaired) electrons. The van der Waals surface area contributed by atoms with Crippen molar-refractivity contribution in [2.75, 3.05) is 0 Å². The lowest BCUT2D eigenvalue weighted by atomic mass is 10.2. The Labute approximate surface area is 102 Å². The van der Waals surface area contributed by atoms with E-state index in [2.05, 4.69) is 10.1 Å². The molecule has 0 amide bonds. The third-order valence-electron chi connectivity index (χ3n) is 2.44. The monoisotopic (exact) mass is 245 g/mol. The largest absolute Gasteiger partial charge is 0.504 e. The Morgan fingerprint density at radius 3 is 2.59 bits per heavy atom. The maximum absolute atomic E-state index is 9.63. The quantitative estimate of drug-likeness (QED) is 0.717. The van der Waals surface area contributed by atoms with E-state index in [4.69, 9.17) is 11.6 Å². The van der Waals surface area contributed by atoms with Gasteiger partial charge < -0.3 is 5.11 Å². The molecule has 0 saturated carbocycles. The van der Waals surface area contributed by atoms with Crippen molar-refractivity contribution in [1.82, 2.24) is 14.6 Å². The molecule has 2 aromatic heterocycles. The van der Waals surface area contributed by atoms with Crippen LogP contribution < -0.4 is 0 Å². The molecule has 0 bridgehead atoms. The fourth-order valence-electron chi connectivity index (χ4n) is 1.61. The first-order chi connectivity index (χ1) is 8.24. The van der Waals surface area contributed by atoms with Crippen molar-refractivity contribution in [3.05, 3.63) is 47.6 Å². The Balaban J connectivity index is 2.18. The second-order valence-electron chi connectivity index (χ2n) is 3.60. The van der Waals surface area contributed by atoms with Gasteiger partial charge in [-0.25, -0.2) is 9.50 Å². The average Bonchev–Trinajstić information content (AvgIpc) is 2.75. The van der Waals surface area contributed by atoms with Gasteiger partial charge in [0.05, 0.1) is 0 Å². The minimum Gasteiger partial charge on any atom is -0.504 e. The van der Waals surface area contributed by atoms with Gasteiger partial charge in [-0.2, -0.15) is 0 Å². The molecule has 0 unspecified atom stereocenters. The van der Waals surface area contributed by atoms with Crippen LogP contribution in [-0.4, -0.2) is 19.7 Å². The zero-order valence-corrected chi connectivity index (χ0v) is 9.46. The fourth-order valence-corrected chi connectivity index (χ4v) is 1.74. The van der Waals surface area contributed by atoms with Crippen LogP contribution in [0.3, 0.4) is 0 Å². The molecular weight excluding hydrogens is 238 g/mol. The number of rotatable bonds is 1. The van der Waals surface area contributed by atoms with Gasteiger partial charge in [0.15, 0.2) is 17.2 Å². The second kappa shape index (κ2) is 3.75. The van der Waals surface area contributed by atoms with Crippen LogP contribution in [0, 0.1) is 0 Å². The summed E-state index contributed by atoms with van der Waals surface area (Å²) in [5.41, 5.74) is 1.30. The summed E-state index contributed by atoms with van der Waals surface area (Å²) >= 11 is 5.82. The molecule has 2 heterocycles. The maximum atomic E-state index is 9.63. The Kier molecular flexibility index (Phi) is 2.23. The van der Waals surface area contributed by atoms with Crippen molar-refractivity contribution >= 4 is 17.2 Å². The molecule has 0 fully saturated rings. The molecule has 0 atom stereocenters. The van der Waals surface area contributed by atoms with Gasteiger partial charge in [0.1, 0.15) is 0 Å². The highest BCUT2D eigenvalue weighted by molar-refractivity contribution is 6.30. The molecule has 0 aliphatic carbocycles. The molecule has 0 spiro atoms. The number of nitrogens with zero attached hydrogens (tertiary/aromatic N) is 3. The summed E-state index contributed by atoms with van der Waals surface area (Å²) in [4.78, 5) is 4.27. The van der Waals surface area contributed by atoms with Crippen molar-refractivity contribution < 1.29 is 5.11 Å². The first-order valence-electron chi connectivity index (χ1n) is 5.04. The van der Waals surface area contributed by atoms with Gasteiger partial charge in [-0.15, -0.1) is 5.10 Å². The Bertz CT molecular complexity index is 676. The van der Waals surface area contributed by atoms with Gasteiger partial charge in [-0.1, -0.05) is 11.6 Å². The number of pyridine rings is 1. The SMILES string of the molecule is Oc1cccn2nc(-c3ccc(Cl)cc3)nc12. The van der Waals surface area contributed by atoms with Gasteiger partial charge in [-0.05, 0) is 36.4 Å². The first kappa shape index (κ1) is 10.1. The molecule has 0 saturated heterocycles. The molecule has 4 nitrogen and oxygen atoms in total. The summed E-state index contributed by atoms with van der Waals surface area (Å²) in [6.45, 7) is 0. The van der Waals surface area contributed by atoms with Crippen molar-refractivity contribution in [3.8, 4) is 17.1 Å². The second-order valence-corrected chi connectivity index (χ2v) is 4.04. The highest BCUT2D eigenvalue weighted by Gasteiger charge is 2.08. The molecule has 1 N–H and O–H groups in total. The molecule has 17 heavy (non-hydrogen) atoms. The lowest BCUT2D eigenvalue weighted by Crippen LogP contribution is -1.85. The molecule has 0 aliphatic heterocycles. The predicted octanol–water partition coefficient (Wildman–Crippen LogP) is 2.76. The third kappa shape index (κ3) is 1.72. The van der Waals surface area contributed by atoms with E-state index in [1.807, 2.05) is 12.1 Å². The van der Waals surface area contributed by atoms with E-state index in [-0.39, 0.29) is 5.75 Å². The zero-order chi connectivity index (χ0) is 11.8. The van der Waals surface area contributed by atoms with Gasteiger partial charge in [0.25, 0.3) is 0 Å². The van der Waals surface area contributed by atoms with Crippen LogP contribution in [0.1, 0.15) is 0 Å². The minimum absolute atomic E-state index is 0.111. The summed E-state index contributed by atoms with van der Waals surface area (Å²) in [6.07, 6.45) is 1.74. The van der Waals surface area contributed by atoms with Crippen LogP contribution in [0.2, 0.25) is 5.02 Å². The number of aromatic hydroxyl groups is 1. The van der Waals surface area contributed by atoms with Crippen LogP contribution >= 0.6 is 11.6 Å². The molecular formula is C12H8ClN3O. The summed E-state index contributed by atoms with van der Waals surface area (Å²) < 4.78 is 1.54. The lowest BCUT2D eigenvalue weighted by molar-refractivity contribution is 0.477. The van der Waals surface area contributed by atoms with E-state index in [1.165, 1.54) is 0 Å². The molecule has 3 rings (SSSR count). The first-order valence-corrected chi connectivity index (χ1v) is 5.42. The van der Waals surface area contributed by atoms with E-state index in [9.17, 15) is 5.11 Å². The smallest absolute Gasteiger partial charge is 0.198 e. The van der Waals surface area contributed by atoms with E-state index >= 15 is 0 Å². The summed E-state index contributed by atoms with van der Waals surface area (Å²) in [5, 5.41) is 14.6. The third-order valence-corrected chi connectivity index (χ3v) is 2.70. The topological polar surface area (TPSA) is 50.4 Å². The van der Waals surface area contributed by atoms with E-state index in [0.29, 0.717) is 16.5 Å². The lowest BCUT2D eigenvalue weighted by Gasteiger charge is -1.93. The van der Waals surface area contributed by atoms with Crippen LogP contribution in [0.5, 0.6) is 5.75 Å². The molecule has 5 heteroatoms. The molecule has 3 aromatic rings.